The van der Waals surface area contributed by atoms with Gasteiger partial charge in [0.25, 0.3) is 0 Å². The molecule has 2 rings (SSSR count). The SMILES string of the molecule is COCCS(=O)(=O)N1C[C@@H]2CCCN2C[C@@H]1C. The first kappa shape index (κ1) is 13.3. The van der Waals surface area contributed by atoms with Gasteiger partial charge in [-0.1, -0.05) is 0 Å². The fraction of sp³-hybridized carbons (Fsp3) is 1.00. The number of sulfonamides is 1. The van der Waals surface area contributed by atoms with E-state index in [9.17, 15) is 8.42 Å². The van der Waals surface area contributed by atoms with Crippen molar-refractivity contribution in [3.63, 3.8) is 0 Å². The third-order valence-electron chi connectivity index (χ3n) is 3.78. The molecule has 0 N–H and O–H groups in total. The number of hydrogen-bond donors (Lipinski definition) is 0. The molecule has 2 fully saturated rings. The van der Waals surface area contributed by atoms with E-state index in [1.807, 2.05) is 6.92 Å². The summed E-state index contributed by atoms with van der Waals surface area (Å²) >= 11 is 0. The van der Waals surface area contributed by atoms with E-state index in [2.05, 4.69) is 4.90 Å². The van der Waals surface area contributed by atoms with Gasteiger partial charge in [0.05, 0.1) is 12.4 Å². The van der Waals surface area contributed by atoms with E-state index in [0.29, 0.717) is 12.6 Å². The summed E-state index contributed by atoms with van der Waals surface area (Å²) < 4.78 is 30.9. The van der Waals surface area contributed by atoms with Gasteiger partial charge < -0.3 is 4.74 Å². The van der Waals surface area contributed by atoms with Crippen LogP contribution in [-0.2, 0) is 14.8 Å². The average Bonchev–Trinajstić information content (AvgIpc) is 2.72. The van der Waals surface area contributed by atoms with E-state index in [1.54, 1.807) is 4.31 Å². The molecule has 2 atom stereocenters. The second-order valence-corrected chi connectivity index (χ2v) is 7.06. The smallest absolute Gasteiger partial charge is 0.216 e. The molecule has 0 bridgehead atoms. The molecule has 0 aliphatic carbocycles. The Morgan fingerprint density at radius 3 is 2.82 bits per heavy atom. The lowest BCUT2D eigenvalue weighted by molar-refractivity contribution is 0.116. The van der Waals surface area contributed by atoms with Gasteiger partial charge in [-0.25, -0.2) is 8.42 Å². The van der Waals surface area contributed by atoms with E-state index in [0.717, 1.165) is 19.5 Å². The predicted octanol–water partition coefficient (Wildman–Crippen LogP) is 0.131. The molecular formula is C11H22N2O3S. The average molecular weight is 262 g/mol. The van der Waals surface area contributed by atoms with Gasteiger partial charge in [-0.2, -0.15) is 4.31 Å². The van der Waals surface area contributed by atoms with Crippen molar-refractivity contribution >= 4 is 10.0 Å². The van der Waals surface area contributed by atoms with E-state index in [4.69, 9.17) is 4.74 Å². The molecule has 0 aromatic rings. The molecule has 2 heterocycles. The Morgan fingerprint density at radius 2 is 2.12 bits per heavy atom. The second-order valence-electron chi connectivity index (χ2n) is 5.02. The predicted molar refractivity (Wildman–Crippen MR) is 66.4 cm³/mol. The van der Waals surface area contributed by atoms with Crippen molar-refractivity contribution in [3.05, 3.63) is 0 Å². The Labute approximate surface area is 104 Å². The van der Waals surface area contributed by atoms with Gasteiger partial charge in [0.15, 0.2) is 0 Å². The highest BCUT2D eigenvalue weighted by Gasteiger charge is 2.39. The minimum absolute atomic E-state index is 0.0891. The van der Waals surface area contributed by atoms with E-state index in [-0.39, 0.29) is 18.4 Å². The van der Waals surface area contributed by atoms with Crippen LogP contribution in [0.4, 0.5) is 0 Å². The molecule has 2 aliphatic heterocycles. The lowest BCUT2D eigenvalue weighted by atomic mass is 10.1. The molecule has 0 radical (unpaired) electrons. The number of methoxy groups -OCH3 is 1. The zero-order valence-corrected chi connectivity index (χ0v) is 11.4. The van der Waals surface area contributed by atoms with Gasteiger partial charge in [-0.05, 0) is 26.3 Å². The Morgan fingerprint density at radius 1 is 1.35 bits per heavy atom. The molecule has 0 aromatic heterocycles. The highest BCUT2D eigenvalue weighted by atomic mass is 32.2. The van der Waals surface area contributed by atoms with Crippen LogP contribution in [0.25, 0.3) is 0 Å². The van der Waals surface area contributed by atoms with Crippen molar-refractivity contribution in [2.75, 3.05) is 39.1 Å². The summed E-state index contributed by atoms with van der Waals surface area (Å²) in [7, 11) is -1.62. The number of fused-ring (bicyclic) bond motifs is 1. The number of nitrogens with zero attached hydrogens (tertiary/aromatic N) is 2. The Balaban J connectivity index is 2.05. The summed E-state index contributed by atoms with van der Waals surface area (Å²) in [5.74, 6) is 0.0978. The minimum Gasteiger partial charge on any atom is -0.384 e. The Bertz CT molecular complexity index is 358. The zero-order valence-electron chi connectivity index (χ0n) is 10.6. The first-order valence-electron chi connectivity index (χ1n) is 6.27. The van der Waals surface area contributed by atoms with Crippen LogP contribution in [0, 0.1) is 0 Å². The summed E-state index contributed by atoms with van der Waals surface area (Å²) in [6, 6.07) is 0.523. The molecule has 0 amide bonds. The number of piperazine rings is 1. The fourth-order valence-corrected chi connectivity index (χ4v) is 4.48. The van der Waals surface area contributed by atoms with Crippen LogP contribution in [0.3, 0.4) is 0 Å². The maximum Gasteiger partial charge on any atom is 0.216 e. The molecule has 2 aliphatic rings. The van der Waals surface area contributed by atoms with Crippen molar-refractivity contribution < 1.29 is 13.2 Å². The zero-order chi connectivity index (χ0) is 12.5. The van der Waals surface area contributed by atoms with Crippen LogP contribution >= 0.6 is 0 Å². The Hall–Kier alpha value is -0.170. The number of hydrogen-bond acceptors (Lipinski definition) is 4. The van der Waals surface area contributed by atoms with Gasteiger partial charge in [-0.3, -0.25) is 4.90 Å². The molecule has 17 heavy (non-hydrogen) atoms. The second kappa shape index (κ2) is 5.22. The topological polar surface area (TPSA) is 49.9 Å². The monoisotopic (exact) mass is 262 g/mol. The molecule has 5 nitrogen and oxygen atoms in total. The fourth-order valence-electron chi connectivity index (χ4n) is 2.85. The molecule has 0 aromatic carbocycles. The quantitative estimate of drug-likeness (QED) is 0.723. The molecule has 0 saturated carbocycles. The molecular weight excluding hydrogens is 240 g/mol. The van der Waals surface area contributed by atoms with Crippen LogP contribution < -0.4 is 0 Å². The summed E-state index contributed by atoms with van der Waals surface area (Å²) in [6.45, 7) is 4.93. The van der Waals surface area contributed by atoms with Crippen LogP contribution in [0.5, 0.6) is 0 Å². The van der Waals surface area contributed by atoms with Crippen molar-refractivity contribution in [2.24, 2.45) is 0 Å². The van der Waals surface area contributed by atoms with Crippen molar-refractivity contribution in [3.8, 4) is 0 Å². The van der Waals surface area contributed by atoms with Gasteiger partial charge in [-0.15, -0.1) is 0 Å². The van der Waals surface area contributed by atoms with Gasteiger partial charge in [0, 0.05) is 32.3 Å². The Kier molecular flexibility index (Phi) is 4.07. The van der Waals surface area contributed by atoms with Crippen LogP contribution in [-0.4, -0.2) is 68.8 Å². The van der Waals surface area contributed by atoms with E-state index < -0.39 is 10.0 Å². The van der Waals surface area contributed by atoms with Crippen molar-refractivity contribution in [2.45, 2.75) is 31.8 Å². The third kappa shape index (κ3) is 2.81. The van der Waals surface area contributed by atoms with E-state index >= 15 is 0 Å². The highest BCUT2D eigenvalue weighted by molar-refractivity contribution is 7.89. The van der Waals surface area contributed by atoms with Crippen LogP contribution in [0.2, 0.25) is 0 Å². The molecule has 0 unspecified atom stereocenters. The largest absolute Gasteiger partial charge is 0.384 e. The van der Waals surface area contributed by atoms with Crippen LogP contribution in [0.1, 0.15) is 19.8 Å². The number of rotatable bonds is 4. The van der Waals surface area contributed by atoms with E-state index in [1.165, 1.54) is 13.5 Å². The third-order valence-corrected chi connectivity index (χ3v) is 5.69. The highest BCUT2D eigenvalue weighted by Crippen LogP contribution is 2.26. The van der Waals surface area contributed by atoms with Gasteiger partial charge >= 0.3 is 0 Å². The van der Waals surface area contributed by atoms with Gasteiger partial charge in [0.1, 0.15) is 0 Å². The van der Waals surface area contributed by atoms with Crippen LogP contribution in [0.15, 0.2) is 0 Å². The first-order valence-corrected chi connectivity index (χ1v) is 7.88. The molecule has 100 valence electrons. The number of ether oxygens (including phenoxy) is 1. The van der Waals surface area contributed by atoms with Crippen molar-refractivity contribution in [1.29, 1.82) is 0 Å². The normalized spacial score (nSPS) is 31.6. The summed E-state index contributed by atoms with van der Waals surface area (Å²) in [6.07, 6.45) is 2.33. The maximum absolute atomic E-state index is 12.2. The lowest BCUT2D eigenvalue weighted by Crippen LogP contribution is -2.57. The standard InChI is InChI=1S/C11H22N2O3S/c1-10-8-12-5-3-4-11(12)9-13(10)17(14,15)7-6-16-2/h10-11H,3-9H2,1-2H3/t10-,11-/m0/s1. The van der Waals surface area contributed by atoms with Crippen molar-refractivity contribution in [1.82, 2.24) is 9.21 Å². The molecule has 2 saturated heterocycles. The summed E-state index contributed by atoms with van der Waals surface area (Å²) in [5.41, 5.74) is 0. The minimum atomic E-state index is -3.15. The summed E-state index contributed by atoms with van der Waals surface area (Å²) in [5, 5.41) is 0. The molecule has 0 spiro atoms. The van der Waals surface area contributed by atoms with Gasteiger partial charge in [0.2, 0.25) is 10.0 Å². The summed E-state index contributed by atoms with van der Waals surface area (Å²) in [4.78, 5) is 2.42. The molecule has 6 heteroatoms. The maximum atomic E-state index is 12.2. The first-order chi connectivity index (χ1) is 8.04. The lowest BCUT2D eigenvalue weighted by Gasteiger charge is -2.41.